The molecule has 20 heavy (non-hydrogen) atoms. The zero-order valence-corrected chi connectivity index (χ0v) is 13.4. The highest BCUT2D eigenvalue weighted by Gasteiger charge is 2.36. The Labute approximate surface area is 124 Å². The Morgan fingerprint density at radius 1 is 1.25 bits per heavy atom. The molecular weight excluding hydrogens is 296 g/mol. The lowest BCUT2D eigenvalue weighted by Gasteiger charge is -2.38. The zero-order chi connectivity index (χ0) is 14.3. The lowest BCUT2D eigenvalue weighted by molar-refractivity contribution is -0.0455. The first-order valence-corrected chi connectivity index (χ1v) is 9.20. The van der Waals surface area contributed by atoms with Gasteiger partial charge < -0.3 is 4.74 Å². The largest absolute Gasteiger partial charge is 0.373 e. The van der Waals surface area contributed by atoms with E-state index in [9.17, 15) is 8.42 Å². The number of ether oxygens (including phenoxy) is 1. The maximum atomic E-state index is 12.8. The first kappa shape index (κ1) is 14.5. The molecule has 2 aliphatic heterocycles. The van der Waals surface area contributed by atoms with E-state index in [0.29, 0.717) is 26.2 Å². The van der Waals surface area contributed by atoms with Crippen molar-refractivity contribution in [1.29, 1.82) is 0 Å². The van der Waals surface area contributed by atoms with Gasteiger partial charge in [-0.2, -0.15) is 17.0 Å². The van der Waals surface area contributed by atoms with E-state index < -0.39 is 10.2 Å². The fourth-order valence-corrected chi connectivity index (χ4v) is 5.54. The van der Waals surface area contributed by atoms with Gasteiger partial charge in [0.15, 0.2) is 0 Å². The van der Waals surface area contributed by atoms with E-state index in [1.165, 1.54) is 4.88 Å². The quantitative estimate of drug-likeness (QED) is 0.830. The van der Waals surface area contributed by atoms with Crippen LogP contribution < -0.4 is 0 Å². The van der Waals surface area contributed by atoms with Gasteiger partial charge >= 0.3 is 0 Å². The van der Waals surface area contributed by atoms with Crippen molar-refractivity contribution in [1.82, 2.24) is 8.61 Å². The molecule has 0 saturated carbocycles. The van der Waals surface area contributed by atoms with Crippen LogP contribution in [0.25, 0.3) is 0 Å². The third-order valence-electron chi connectivity index (χ3n) is 3.81. The third kappa shape index (κ3) is 2.65. The molecule has 0 aliphatic carbocycles. The molecule has 0 bridgehead atoms. The van der Waals surface area contributed by atoms with E-state index in [-0.39, 0.29) is 12.2 Å². The minimum atomic E-state index is -3.38. The number of hydrogen-bond donors (Lipinski definition) is 0. The van der Waals surface area contributed by atoms with Crippen molar-refractivity contribution in [2.45, 2.75) is 39.0 Å². The van der Waals surface area contributed by atoms with E-state index in [0.717, 1.165) is 12.0 Å². The normalized spacial score (nSPS) is 29.3. The van der Waals surface area contributed by atoms with Crippen LogP contribution >= 0.6 is 11.3 Å². The molecule has 0 spiro atoms. The van der Waals surface area contributed by atoms with E-state index in [1.807, 2.05) is 25.3 Å². The Hall–Kier alpha value is -0.470. The Morgan fingerprint density at radius 3 is 2.65 bits per heavy atom. The minimum absolute atomic E-state index is 0.0463. The summed E-state index contributed by atoms with van der Waals surface area (Å²) in [5, 5.41) is 2.04. The van der Waals surface area contributed by atoms with Gasteiger partial charge in [-0.25, -0.2) is 0 Å². The van der Waals surface area contributed by atoms with Gasteiger partial charge in [-0.05, 0) is 37.3 Å². The minimum Gasteiger partial charge on any atom is -0.373 e. The number of hydrogen-bond acceptors (Lipinski definition) is 4. The molecule has 7 heteroatoms. The van der Waals surface area contributed by atoms with E-state index in [1.54, 1.807) is 19.9 Å². The van der Waals surface area contributed by atoms with E-state index in [4.69, 9.17) is 4.74 Å². The van der Waals surface area contributed by atoms with Crippen molar-refractivity contribution in [3.63, 3.8) is 0 Å². The van der Waals surface area contributed by atoms with Crippen molar-refractivity contribution in [3.05, 3.63) is 21.9 Å². The molecule has 0 unspecified atom stereocenters. The molecule has 1 aromatic heterocycles. The molecule has 3 rings (SSSR count). The fraction of sp³-hybridized carbons (Fsp3) is 0.692. The van der Waals surface area contributed by atoms with Crippen LogP contribution in [0.15, 0.2) is 11.4 Å². The monoisotopic (exact) mass is 316 g/mol. The van der Waals surface area contributed by atoms with Crippen LogP contribution in [0.5, 0.6) is 0 Å². The highest BCUT2D eigenvalue weighted by atomic mass is 32.2. The topological polar surface area (TPSA) is 49.9 Å². The summed E-state index contributed by atoms with van der Waals surface area (Å²) in [5.74, 6) is 0. The summed E-state index contributed by atoms with van der Waals surface area (Å²) in [6.45, 7) is 5.81. The summed E-state index contributed by atoms with van der Waals surface area (Å²) in [6, 6.07) is 2.03. The van der Waals surface area contributed by atoms with Gasteiger partial charge in [-0.3, -0.25) is 0 Å². The first-order chi connectivity index (χ1) is 9.46. The SMILES string of the molecule is C[C@@H]1CN(S(=O)(=O)N2CCc3sccc3C2)C[C@@H](C)O1. The van der Waals surface area contributed by atoms with Crippen molar-refractivity contribution < 1.29 is 13.2 Å². The van der Waals surface area contributed by atoms with Gasteiger partial charge in [0.25, 0.3) is 10.2 Å². The number of thiophene rings is 1. The number of nitrogens with zero attached hydrogens (tertiary/aromatic N) is 2. The van der Waals surface area contributed by atoms with Crippen molar-refractivity contribution in [2.75, 3.05) is 19.6 Å². The third-order valence-corrected chi connectivity index (χ3v) is 6.75. The molecule has 5 nitrogen and oxygen atoms in total. The van der Waals surface area contributed by atoms with Crippen LogP contribution in [0.4, 0.5) is 0 Å². The Bertz CT molecular complexity index is 574. The number of morpholine rings is 1. The van der Waals surface area contributed by atoms with Gasteiger partial charge in [0, 0.05) is 31.1 Å². The van der Waals surface area contributed by atoms with Crippen LogP contribution in [0, 0.1) is 0 Å². The Kier molecular flexibility index (Phi) is 3.89. The summed E-state index contributed by atoms with van der Waals surface area (Å²) in [4.78, 5) is 1.32. The molecule has 2 atom stereocenters. The summed E-state index contributed by atoms with van der Waals surface area (Å²) < 4.78 is 34.3. The van der Waals surface area contributed by atoms with Crippen LogP contribution in [-0.2, 0) is 27.9 Å². The smallest absolute Gasteiger partial charge is 0.282 e. The molecule has 0 aromatic carbocycles. The molecule has 0 amide bonds. The molecule has 1 saturated heterocycles. The van der Waals surface area contributed by atoms with Crippen LogP contribution in [0.2, 0.25) is 0 Å². The lowest BCUT2D eigenvalue weighted by Crippen LogP contribution is -2.53. The van der Waals surface area contributed by atoms with Crippen molar-refractivity contribution >= 4 is 21.5 Å². The molecule has 3 heterocycles. The standard InChI is InChI=1S/C13H20N2O3S2/c1-10-7-15(8-11(2)18-10)20(16,17)14-5-3-13-12(9-14)4-6-19-13/h4,6,10-11H,3,5,7-9H2,1-2H3/t10-,11-/m1/s1. The predicted molar refractivity (Wildman–Crippen MR) is 78.9 cm³/mol. The number of rotatable bonds is 2. The molecule has 1 fully saturated rings. The Morgan fingerprint density at radius 2 is 1.95 bits per heavy atom. The molecule has 2 aliphatic rings. The van der Waals surface area contributed by atoms with Crippen LogP contribution in [0.3, 0.4) is 0 Å². The fourth-order valence-electron chi connectivity index (χ4n) is 2.90. The van der Waals surface area contributed by atoms with Gasteiger partial charge in [-0.1, -0.05) is 0 Å². The molecule has 112 valence electrons. The van der Waals surface area contributed by atoms with Crippen LogP contribution in [0.1, 0.15) is 24.3 Å². The molecular formula is C13H20N2O3S2. The first-order valence-electron chi connectivity index (χ1n) is 6.92. The summed E-state index contributed by atoms with van der Waals surface area (Å²) >= 11 is 1.72. The molecule has 0 radical (unpaired) electrons. The maximum Gasteiger partial charge on any atom is 0.282 e. The summed E-state index contributed by atoms with van der Waals surface area (Å²) in [6.07, 6.45) is 0.729. The van der Waals surface area contributed by atoms with Gasteiger partial charge in [-0.15, -0.1) is 11.3 Å². The second-order valence-corrected chi connectivity index (χ2v) is 8.46. The van der Waals surface area contributed by atoms with Gasteiger partial charge in [0.2, 0.25) is 0 Å². The molecule has 0 N–H and O–H groups in total. The second-order valence-electron chi connectivity index (χ2n) is 5.53. The highest BCUT2D eigenvalue weighted by Crippen LogP contribution is 2.27. The average Bonchev–Trinajstić information content (AvgIpc) is 2.84. The maximum absolute atomic E-state index is 12.8. The number of fused-ring (bicyclic) bond motifs is 1. The summed E-state index contributed by atoms with van der Waals surface area (Å²) in [7, 11) is -3.38. The second kappa shape index (κ2) is 5.38. The molecule has 1 aromatic rings. The zero-order valence-electron chi connectivity index (χ0n) is 11.8. The van der Waals surface area contributed by atoms with Crippen LogP contribution in [-0.4, -0.2) is 48.9 Å². The van der Waals surface area contributed by atoms with Gasteiger partial charge in [0.05, 0.1) is 12.2 Å². The summed E-state index contributed by atoms with van der Waals surface area (Å²) in [5.41, 5.74) is 1.15. The average molecular weight is 316 g/mol. The van der Waals surface area contributed by atoms with E-state index in [2.05, 4.69) is 0 Å². The Balaban J connectivity index is 1.79. The van der Waals surface area contributed by atoms with Crippen molar-refractivity contribution in [2.24, 2.45) is 0 Å². The predicted octanol–water partition coefficient (Wildman–Crippen LogP) is 1.46. The lowest BCUT2D eigenvalue weighted by atomic mass is 10.1. The highest BCUT2D eigenvalue weighted by molar-refractivity contribution is 7.86. The van der Waals surface area contributed by atoms with Crippen molar-refractivity contribution in [3.8, 4) is 0 Å². The van der Waals surface area contributed by atoms with Gasteiger partial charge in [0.1, 0.15) is 0 Å². The van der Waals surface area contributed by atoms with E-state index >= 15 is 0 Å².